The number of ether oxygens (including phenoxy) is 4. The smallest absolute Gasteiger partial charge is 0.331 e. The molecule has 0 aliphatic rings. The summed E-state index contributed by atoms with van der Waals surface area (Å²) < 4.78 is 23.3. The fraction of sp³-hybridized carbons (Fsp3) is 0.240. The lowest BCUT2D eigenvalue weighted by molar-refractivity contribution is -0.144. The Balaban J connectivity index is 1.22. The van der Waals surface area contributed by atoms with Gasteiger partial charge in [0.05, 0.1) is 0 Å². The lowest BCUT2D eigenvalue weighted by Gasteiger charge is -2.31. The van der Waals surface area contributed by atoms with Crippen molar-refractivity contribution in [3.8, 4) is 11.5 Å². The number of hydrogen-bond donors (Lipinski definition) is 2. The van der Waals surface area contributed by atoms with Crippen LogP contribution in [0.1, 0.15) is 49.9 Å². The summed E-state index contributed by atoms with van der Waals surface area (Å²) >= 11 is 3.02. The molecule has 2 N–H and O–H groups in total. The molecule has 322 valence electrons. The molecule has 5 aromatic carbocycles. The number of carboxylic acids is 2. The zero-order valence-electron chi connectivity index (χ0n) is 35.0. The van der Waals surface area contributed by atoms with E-state index >= 15 is 0 Å². The molecule has 0 radical (unpaired) electrons. The number of thioether (sulfide) groups is 2. The van der Waals surface area contributed by atoms with E-state index in [0.29, 0.717) is 23.0 Å². The van der Waals surface area contributed by atoms with Crippen LogP contribution in [-0.2, 0) is 39.5 Å². The summed E-state index contributed by atoms with van der Waals surface area (Å²) in [5.74, 6) is -1.94. The van der Waals surface area contributed by atoms with E-state index in [9.17, 15) is 19.2 Å². The third-order valence-corrected chi connectivity index (χ3v) is 12.3. The quantitative estimate of drug-likeness (QED) is 0.0388. The monoisotopic (exact) mass is 874 g/mol. The molecule has 2 unspecified atom stereocenters. The fourth-order valence-electron chi connectivity index (χ4n) is 6.27. The number of carbonyl (C=O) groups is 4. The summed E-state index contributed by atoms with van der Waals surface area (Å²) in [4.78, 5) is 48.5. The first-order valence-electron chi connectivity index (χ1n) is 19.9. The Labute approximate surface area is 371 Å². The molecule has 0 amide bonds. The van der Waals surface area contributed by atoms with E-state index in [1.807, 2.05) is 109 Å². The molecule has 12 heteroatoms. The van der Waals surface area contributed by atoms with E-state index in [1.54, 1.807) is 0 Å². The topological polar surface area (TPSA) is 146 Å². The fourth-order valence-corrected chi connectivity index (χ4v) is 8.06. The molecule has 62 heavy (non-hydrogen) atoms. The van der Waals surface area contributed by atoms with Gasteiger partial charge < -0.3 is 29.2 Å². The lowest BCUT2D eigenvalue weighted by Crippen LogP contribution is -2.27. The van der Waals surface area contributed by atoms with Gasteiger partial charge in [-0.15, -0.1) is 23.5 Å². The van der Waals surface area contributed by atoms with Crippen LogP contribution in [0.25, 0.3) is 0 Å². The van der Waals surface area contributed by atoms with Crippen molar-refractivity contribution in [3.05, 3.63) is 180 Å². The molecule has 0 aliphatic heterocycles. The van der Waals surface area contributed by atoms with Gasteiger partial charge in [0, 0.05) is 56.4 Å². The second-order valence-corrected chi connectivity index (χ2v) is 17.4. The van der Waals surface area contributed by atoms with Crippen LogP contribution in [-0.4, -0.2) is 71.0 Å². The van der Waals surface area contributed by atoms with E-state index in [2.05, 4.69) is 52.0 Å². The van der Waals surface area contributed by atoms with Crippen LogP contribution in [0.2, 0.25) is 0 Å². The first-order valence-corrected chi connectivity index (χ1v) is 21.8. The van der Waals surface area contributed by atoms with Crippen LogP contribution in [0.5, 0.6) is 11.5 Å². The van der Waals surface area contributed by atoms with E-state index in [0.717, 1.165) is 56.3 Å². The van der Waals surface area contributed by atoms with Crippen molar-refractivity contribution in [2.75, 3.05) is 24.7 Å². The zero-order valence-corrected chi connectivity index (χ0v) is 36.6. The Morgan fingerprint density at radius 3 is 1.23 bits per heavy atom. The first kappa shape index (κ1) is 46.8. The Bertz CT molecular complexity index is 2150. The largest absolute Gasteiger partial charge is 0.490 e. The summed E-state index contributed by atoms with van der Waals surface area (Å²) in [5, 5.41) is 17.8. The van der Waals surface area contributed by atoms with Gasteiger partial charge in [0.25, 0.3) is 0 Å². The van der Waals surface area contributed by atoms with E-state index < -0.39 is 36.1 Å². The standard InChI is InChI=1S/C50H50O10S2/c1-49(2,35-18-22-39(23-19-35)57-31-41(59-47(55)28-26-45(51)52)33-61-43-14-7-5-8-15-43)37-12-11-13-38(30-37)50(3,4)36-20-24-40(25-21-36)58-32-42(60-48(56)29-27-46(53)54)34-62-44-16-9-6-10-17-44/h5-30,41-42H,31-34H2,1-4H3,(H,51,52)(H,53,54)/b28-26+,29-27+. The van der Waals surface area contributed by atoms with Gasteiger partial charge in [0.2, 0.25) is 0 Å². The molecule has 0 aliphatic carbocycles. The summed E-state index contributed by atoms with van der Waals surface area (Å²) in [6.07, 6.45) is 2.02. The van der Waals surface area contributed by atoms with Crippen LogP contribution in [0.15, 0.2) is 168 Å². The molecule has 0 heterocycles. The average molecular weight is 875 g/mol. The minimum absolute atomic E-state index is 0.0807. The van der Waals surface area contributed by atoms with E-state index in [4.69, 9.17) is 29.2 Å². The zero-order chi connectivity index (χ0) is 44.5. The van der Waals surface area contributed by atoms with Crippen molar-refractivity contribution < 1.29 is 48.3 Å². The second-order valence-electron chi connectivity index (χ2n) is 15.2. The molecule has 0 aromatic heterocycles. The van der Waals surface area contributed by atoms with E-state index in [-0.39, 0.29) is 24.0 Å². The number of carbonyl (C=O) groups excluding carboxylic acids is 2. The molecule has 10 nitrogen and oxygen atoms in total. The molecule has 0 saturated heterocycles. The SMILES string of the molecule is CC(C)(c1ccc(OCC(CSc2ccccc2)OC(=O)/C=C/C(=O)O)cc1)c1cccc(C(C)(C)c2ccc(OCC(CSc3ccccc3)OC(=O)/C=C/C(=O)O)cc2)c1. The van der Waals surface area contributed by atoms with Crippen LogP contribution in [0.4, 0.5) is 0 Å². The minimum Gasteiger partial charge on any atom is -0.490 e. The van der Waals surface area contributed by atoms with Crippen molar-refractivity contribution in [2.45, 2.75) is 60.5 Å². The predicted molar refractivity (Wildman–Crippen MR) is 242 cm³/mol. The van der Waals surface area contributed by atoms with Gasteiger partial charge in [-0.2, -0.15) is 0 Å². The number of esters is 2. The van der Waals surface area contributed by atoms with Crippen LogP contribution in [0, 0.1) is 0 Å². The molecule has 2 atom stereocenters. The summed E-state index contributed by atoms with van der Waals surface area (Å²) in [6, 6.07) is 43.6. The molecular weight excluding hydrogens is 825 g/mol. The highest BCUT2D eigenvalue weighted by Gasteiger charge is 2.28. The molecule has 0 spiro atoms. The molecule has 0 fully saturated rings. The van der Waals surface area contributed by atoms with Crippen molar-refractivity contribution in [2.24, 2.45) is 0 Å². The highest BCUT2D eigenvalue weighted by Crippen LogP contribution is 2.38. The lowest BCUT2D eigenvalue weighted by atomic mass is 9.73. The summed E-state index contributed by atoms with van der Waals surface area (Å²) in [5.41, 5.74) is 3.67. The molecule has 0 saturated carbocycles. The molecule has 5 rings (SSSR count). The number of carboxylic acid groups (broad SMARTS) is 2. The molecular formula is C50H50O10S2. The highest BCUT2D eigenvalue weighted by atomic mass is 32.2. The van der Waals surface area contributed by atoms with Crippen molar-refractivity contribution >= 4 is 47.4 Å². The first-order chi connectivity index (χ1) is 29.7. The maximum Gasteiger partial charge on any atom is 0.331 e. The van der Waals surface area contributed by atoms with Gasteiger partial charge in [0.15, 0.2) is 0 Å². The predicted octanol–water partition coefficient (Wildman–Crippen LogP) is 9.79. The van der Waals surface area contributed by atoms with Crippen molar-refractivity contribution in [1.82, 2.24) is 0 Å². The van der Waals surface area contributed by atoms with Crippen molar-refractivity contribution in [1.29, 1.82) is 0 Å². The minimum atomic E-state index is -1.24. The Hall–Kier alpha value is -6.24. The van der Waals surface area contributed by atoms with Crippen LogP contribution in [0.3, 0.4) is 0 Å². The summed E-state index contributed by atoms with van der Waals surface area (Å²) in [7, 11) is 0. The van der Waals surface area contributed by atoms with Gasteiger partial charge in [-0.3, -0.25) is 0 Å². The van der Waals surface area contributed by atoms with Crippen LogP contribution < -0.4 is 9.47 Å². The number of rotatable bonds is 22. The Morgan fingerprint density at radius 1 is 0.500 bits per heavy atom. The molecule has 0 bridgehead atoms. The maximum atomic E-state index is 12.3. The Morgan fingerprint density at radius 2 is 0.871 bits per heavy atom. The van der Waals surface area contributed by atoms with Crippen molar-refractivity contribution in [3.63, 3.8) is 0 Å². The number of benzene rings is 5. The average Bonchev–Trinajstić information content (AvgIpc) is 3.27. The second kappa shape index (κ2) is 22.6. The van der Waals surface area contributed by atoms with E-state index in [1.165, 1.54) is 23.5 Å². The highest BCUT2D eigenvalue weighted by molar-refractivity contribution is 7.99. The Kier molecular flexibility index (Phi) is 17.0. The summed E-state index contributed by atoms with van der Waals surface area (Å²) in [6.45, 7) is 8.86. The number of aliphatic carboxylic acids is 2. The van der Waals surface area contributed by atoms with Crippen LogP contribution >= 0.6 is 23.5 Å². The van der Waals surface area contributed by atoms with Gasteiger partial charge in [-0.05, 0) is 70.8 Å². The number of hydrogen-bond acceptors (Lipinski definition) is 10. The third-order valence-electron chi connectivity index (χ3n) is 9.98. The van der Waals surface area contributed by atoms with Gasteiger partial charge in [-0.1, -0.05) is 113 Å². The van der Waals surface area contributed by atoms with Gasteiger partial charge in [-0.25, -0.2) is 19.2 Å². The normalized spacial score (nSPS) is 12.7. The van der Waals surface area contributed by atoms with Gasteiger partial charge in [0.1, 0.15) is 36.9 Å². The third kappa shape index (κ3) is 14.5. The van der Waals surface area contributed by atoms with Gasteiger partial charge >= 0.3 is 23.9 Å². The molecule has 5 aromatic rings. The maximum absolute atomic E-state index is 12.3.